The van der Waals surface area contributed by atoms with Crippen LogP contribution in [0.4, 0.5) is 4.79 Å². The Balaban J connectivity index is 1.70. The molecule has 0 radical (unpaired) electrons. The molecule has 1 heterocycles. The Hall–Kier alpha value is -2.62. The summed E-state index contributed by atoms with van der Waals surface area (Å²) in [4.78, 5) is 26.1. The van der Waals surface area contributed by atoms with Crippen molar-refractivity contribution in [2.24, 2.45) is 5.92 Å². The van der Waals surface area contributed by atoms with Crippen LogP contribution in [0.15, 0.2) is 60.7 Å². The van der Waals surface area contributed by atoms with Crippen molar-refractivity contribution in [2.75, 3.05) is 6.61 Å². The van der Waals surface area contributed by atoms with Crippen LogP contribution in [-0.4, -0.2) is 29.5 Å². The predicted octanol–water partition coefficient (Wildman–Crippen LogP) is 3.46. The molecular formula is C20H21NO3. The molecule has 1 fully saturated rings. The lowest BCUT2D eigenvalue weighted by atomic mass is 9.98. The first-order chi connectivity index (χ1) is 11.6. The molecule has 4 nitrogen and oxygen atoms in total. The predicted molar refractivity (Wildman–Crippen MR) is 91.4 cm³/mol. The highest BCUT2D eigenvalue weighted by molar-refractivity contribution is 5.94. The van der Waals surface area contributed by atoms with Crippen molar-refractivity contribution in [2.45, 2.75) is 25.8 Å². The Morgan fingerprint density at radius 3 is 2.29 bits per heavy atom. The Morgan fingerprint density at radius 2 is 1.67 bits per heavy atom. The summed E-state index contributed by atoms with van der Waals surface area (Å²) in [6.07, 6.45) is 0.707. The molecule has 0 aromatic heterocycles. The van der Waals surface area contributed by atoms with Gasteiger partial charge in [0.05, 0.1) is 6.04 Å². The number of nitrogens with zero attached hydrogens (tertiary/aromatic N) is 1. The zero-order chi connectivity index (χ0) is 16.9. The van der Waals surface area contributed by atoms with E-state index in [0.29, 0.717) is 12.8 Å². The summed E-state index contributed by atoms with van der Waals surface area (Å²) in [7, 11) is 0. The molecule has 2 aromatic rings. The standard InChI is InChI=1S/C20H21NO3/c1-15(12-16-8-4-2-5-9-16)19(22)21-18(14-24-20(21)23)13-17-10-6-3-7-11-17/h2-11,15,18H,12-14H2,1H3/t15-,18?/m1/s1. The second-order valence-corrected chi connectivity index (χ2v) is 6.22. The fraction of sp³-hybridized carbons (Fsp3) is 0.300. The van der Waals surface area contributed by atoms with Crippen molar-refractivity contribution in [3.63, 3.8) is 0 Å². The molecule has 1 saturated heterocycles. The summed E-state index contributed by atoms with van der Waals surface area (Å²) in [5, 5.41) is 0. The largest absolute Gasteiger partial charge is 0.447 e. The first-order valence-corrected chi connectivity index (χ1v) is 8.23. The van der Waals surface area contributed by atoms with E-state index in [2.05, 4.69) is 0 Å². The van der Waals surface area contributed by atoms with Crippen molar-refractivity contribution < 1.29 is 14.3 Å². The van der Waals surface area contributed by atoms with E-state index in [1.165, 1.54) is 4.90 Å². The van der Waals surface area contributed by atoms with Crippen molar-refractivity contribution >= 4 is 12.0 Å². The zero-order valence-corrected chi connectivity index (χ0v) is 13.7. The van der Waals surface area contributed by atoms with E-state index in [4.69, 9.17) is 4.74 Å². The summed E-state index contributed by atoms with van der Waals surface area (Å²) in [5.74, 6) is -0.432. The Bertz CT molecular complexity index is 699. The van der Waals surface area contributed by atoms with Gasteiger partial charge in [-0.05, 0) is 24.0 Å². The number of benzene rings is 2. The molecule has 2 atom stereocenters. The maximum absolute atomic E-state index is 12.8. The molecule has 0 N–H and O–H groups in total. The topological polar surface area (TPSA) is 46.6 Å². The fourth-order valence-electron chi connectivity index (χ4n) is 3.06. The smallest absolute Gasteiger partial charge is 0.416 e. The third kappa shape index (κ3) is 3.65. The third-order valence-corrected chi connectivity index (χ3v) is 4.32. The average Bonchev–Trinajstić information content (AvgIpc) is 2.96. The molecule has 0 bridgehead atoms. The highest BCUT2D eigenvalue weighted by atomic mass is 16.6. The first-order valence-electron chi connectivity index (χ1n) is 8.23. The summed E-state index contributed by atoms with van der Waals surface area (Å²) in [6.45, 7) is 2.12. The van der Waals surface area contributed by atoms with Gasteiger partial charge >= 0.3 is 6.09 Å². The number of hydrogen-bond donors (Lipinski definition) is 0. The number of rotatable bonds is 5. The Morgan fingerprint density at radius 1 is 1.08 bits per heavy atom. The van der Waals surface area contributed by atoms with Crippen molar-refractivity contribution in [3.05, 3.63) is 71.8 Å². The van der Waals surface area contributed by atoms with Crippen LogP contribution in [0.5, 0.6) is 0 Å². The molecule has 1 aliphatic heterocycles. The lowest BCUT2D eigenvalue weighted by Gasteiger charge is -2.23. The van der Waals surface area contributed by atoms with Gasteiger partial charge in [-0.2, -0.15) is 0 Å². The van der Waals surface area contributed by atoms with Crippen LogP contribution in [0.2, 0.25) is 0 Å². The molecule has 24 heavy (non-hydrogen) atoms. The maximum atomic E-state index is 12.8. The minimum Gasteiger partial charge on any atom is -0.447 e. The molecule has 0 saturated carbocycles. The van der Waals surface area contributed by atoms with E-state index in [-0.39, 0.29) is 24.5 Å². The molecule has 1 unspecified atom stereocenters. The van der Waals surface area contributed by atoms with Gasteiger partial charge < -0.3 is 4.74 Å². The van der Waals surface area contributed by atoms with E-state index in [1.54, 1.807) is 0 Å². The van der Waals surface area contributed by atoms with E-state index in [9.17, 15) is 9.59 Å². The molecule has 0 spiro atoms. The van der Waals surface area contributed by atoms with Crippen LogP contribution in [0.1, 0.15) is 18.1 Å². The molecule has 2 aromatic carbocycles. The summed E-state index contributed by atoms with van der Waals surface area (Å²) in [6, 6.07) is 19.5. The monoisotopic (exact) mass is 323 g/mol. The molecule has 124 valence electrons. The number of imide groups is 1. The van der Waals surface area contributed by atoms with Crippen LogP contribution in [-0.2, 0) is 22.4 Å². The van der Waals surface area contributed by atoms with Crippen LogP contribution in [0.25, 0.3) is 0 Å². The number of amides is 2. The van der Waals surface area contributed by atoms with Crippen LogP contribution in [0.3, 0.4) is 0 Å². The van der Waals surface area contributed by atoms with E-state index in [1.807, 2.05) is 67.6 Å². The summed E-state index contributed by atoms with van der Waals surface area (Å²) in [5.41, 5.74) is 2.18. The van der Waals surface area contributed by atoms with Gasteiger partial charge in [-0.25, -0.2) is 9.69 Å². The van der Waals surface area contributed by atoms with Crippen LogP contribution < -0.4 is 0 Å². The first kappa shape index (κ1) is 16.2. The molecule has 3 rings (SSSR count). The van der Waals surface area contributed by atoms with Gasteiger partial charge in [0.2, 0.25) is 5.91 Å². The number of carbonyl (C=O) groups excluding carboxylic acids is 2. The quantitative estimate of drug-likeness (QED) is 0.846. The fourth-order valence-corrected chi connectivity index (χ4v) is 3.06. The number of cyclic esters (lactones) is 1. The molecule has 0 aliphatic carbocycles. The lowest BCUT2D eigenvalue weighted by Crippen LogP contribution is -2.43. The summed E-state index contributed by atoms with van der Waals surface area (Å²) < 4.78 is 5.14. The van der Waals surface area contributed by atoms with Crippen molar-refractivity contribution in [3.8, 4) is 0 Å². The van der Waals surface area contributed by atoms with Gasteiger partial charge in [0.15, 0.2) is 0 Å². The average molecular weight is 323 g/mol. The molecular weight excluding hydrogens is 302 g/mol. The van der Waals surface area contributed by atoms with Crippen molar-refractivity contribution in [1.29, 1.82) is 0 Å². The third-order valence-electron chi connectivity index (χ3n) is 4.32. The second kappa shape index (κ2) is 7.30. The lowest BCUT2D eigenvalue weighted by molar-refractivity contribution is -0.132. The van der Waals surface area contributed by atoms with E-state index < -0.39 is 6.09 Å². The Labute approximate surface area is 142 Å². The number of ether oxygens (including phenoxy) is 1. The van der Waals surface area contributed by atoms with Crippen LogP contribution in [0, 0.1) is 5.92 Å². The second-order valence-electron chi connectivity index (χ2n) is 6.22. The SMILES string of the molecule is C[C@H](Cc1ccccc1)C(=O)N1C(=O)OCC1Cc1ccccc1. The van der Waals surface area contributed by atoms with Crippen molar-refractivity contribution in [1.82, 2.24) is 4.90 Å². The van der Waals surface area contributed by atoms with E-state index in [0.717, 1.165) is 11.1 Å². The zero-order valence-electron chi connectivity index (χ0n) is 13.7. The Kier molecular flexibility index (Phi) is 4.94. The maximum Gasteiger partial charge on any atom is 0.416 e. The van der Waals surface area contributed by atoms with Gasteiger partial charge in [0.1, 0.15) is 6.61 Å². The number of carbonyl (C=O) groups is 2. The summed E-state index contributed by atoms with van der Waals surface area (Å²) >= 11 is 0. The normalized spacial score (nSPS) is 18.3. The molecule has 1 aliphatic rings. The molecule has 4 heteroatoms. The number of hydrogen-bond acceptors (Lipinski definition) is 3. The highest BCUT2D eigenvalue weighted by Gasteiger charge is 2.39. The van der Waals surface area contributed by atoms with Gasteiger partial charge in [-0.15, -0.1) is 0 Å². The van der Waals surface area contributed by atoms with E-state index >= 15 is 0 Å². The van der Waals surface area contributed by atoms with Gasteiger partial charge in [-0.3, -0.25) is 4.79 Å². The highest BCUT2D eigenvalue weighted by Crippen LogP contribution is 2.21. The van der Waals surface area contributed by atoms with Gasteiger partial charge in [-0.1, -0.05) is 67.6 Å². The minimum atomic E-state index is -0.527. The molecule has 2 amide bonds. The van der Waals surface area contributed by atoms with Gasteiger partial charge in [0, 0.05) is 5.92 Å². The minimum absolute atomic E-state index is 0.165. The van der Waals surface area contributed by atoms with Gasteiger partial charge in [0.25, 0.3) is 0 Å². The van der Waals surface area contributed by atoms with Crippen LogP contribution >= 0.6 is 0 Å².